The van der Waals surface area contributed by atoms with E-state index >= 15 is 0 Å². The summed E-state index contributed by atoms with van der Waals surface area (Å²) in [4.78, 5) is 22.6. The van der Waals surface area contributed by atoms with Gasteiger partial charge in [-0.05, 0) is 33.9 Å². The molecule has 0 heterocycles. The maximum absolute atomic E-state index is 12.4. The molecule has 0 saturated heterocycles. The smallest absolute Gasteiger partial charge is 0.463 e. The van der Waals surface area contributed by atoms with E-state index in [4.69, 9.17) is 13.6 Å². The van der Waals surface area contributed by atoms with E-state index < -0.39 is 37.4 Å². The van der Waals surface area contributed by atoms with Gasteiger partial charge in [0.15, 0.2) is 0 Å². The molecular weight excluding hydrogens is 303 g/mol. The van der Waals surface area contributed by atoms with Gasteiger partial charge in [0.05, 0.1) is 19.8 Å². The highest BCUT2D eigenvalue weighted by Crippen LogP contribution is 2.54. The molecule has 0 N–H and O–H groups in total. The highest BCUT2D eigenvalue weighted by Gasteiger charge is 2.36. The van der Waals surface area contributed by atoms with E-state index in [1.807, 2.05) is 0 Å². The lowest BCUT2D eigenvalue weighted by Gasteiger charge is -2.21. The van der Waals surface area contributed by atoms with Crippen LogP contribution in [0, 0.1) is 0 Å². The lowest BCUT2D eigenvalue weighted by molar-refractivity contribution is -0.141. The zero-order valence-electron chi connectivity index (χ0n) is 12.4. The molecular formula is C12H19O8P. The van der Waals surface area contributed by atoms with E-state index in [1.165, 1.54) is 0 Å². The molecule has 0 radical (unpaired) electrons. The summed E-state index contributed by atoms with van der Waals surface area (Å²) in [6.45, 7) is 11.2. The van der Waals surface area contributed by atoms with Crippen molar-refractivity contribution in [3.05, 3.63) is 24.7 Å². The second kappa shape index (κ2) is 8.49. The van der Waals surface area contributed by atoms with Gasteiger partial charge in [-0.15, -0.1) is 0 Å². The van der Waals surface area contributed by atoms with Crippen molar-refractivity contribution in [2.75, 3.05) is 13.7 Å². The topological polar surface area (TPSA) is 97.4 Å². The summed E-state index contributed by atoms with van der Waals surface area (Å²) in [5.41, 5.74) is 0. The monoisotopic (exact) mass is 322 g/mol. The first-order chi connectivity index (χ1) is 9.65. The standard InChI is InChI=1S/C12H19O8P/c1-7-17-12(14)10(5)20-21(15,18-8(2)3)19-9(4)11(13)16-6/h8H,4-5,7H2,1-3,6H3. The maximum Gasteiger partial charge on any atom is 0.588 e. The third-order valence-corrected chi connectivity index (χ3v) is 3.27. The normalized spacial score (nSPS) is 13.0. The Kier molecular flexibility index (Phi) is 7.76. The Bertz CT molecular complexity index is 468. The predicted octanol–water partition coefficient (Wildman–Crippen LogP) is 2.32. The number of phosphoric ester groups is 1. The number of methoxy groups -OCH3 is 1. The van der Waals surface area contributed by atoms with Crippen molar-refractivity contribution < 1.29 is 37.2 Å². The molecule has 0 rings (SSSR count). The van der Waals surface area contributed by atoms with Gasteiger partial charge < -0.3 is 18.5 Å². The van der Waals surface area contributed by atoms with E-state index in [1.54, 1.807) is 20.8 Å². The Labute approximate surface area is 123 Å². The van der Waals surface area contributed by atoms with Crippen LogP contribution < -0.4 is 0 Å². The Morgan fingerprint density at radius 3 is 1.95 bits per heavy atom. The van der Waals surface area contributed by atoms with Crippen molar-refractivity contribution in [3.8, 4) is 0 Å². The third kappa shape index (κ3) is 6.97. The number of ether oxygens (including phenoxy) is 2. The van der Waals surface area contributed by atoms with Crippen LogP contribution in [0.4, 0.5) is 0 Å². The number of carbonyl (C=O) groups excluding carboxylic acids is 2. The van der Waals surface area contributed by atoms with Crippen LogP contribution in [0.15, 0.2) is 24.7 Å². The van der Waals surface area contributed by atoms with Crippen LogP contribution in [0.25, 0.3) is 0 Å². The van der Waals surface area contributed by atoms with Crippen LogP contribution in [-0.2, 0) is 37.2 Å². The minimum absolute atomic E-state index is 0.0757. The molecule has 1 atom stereocenters. The van der Waals surface area contributed by atoms with Gasteiger partial charge in [0.25, 0.3) is 0 Å². The van der Waals surface area contributed by atoms with Crippen molar-refractivity contribution in [1.29, 1.82) is 0 Å². The first-order valence-electron chi connectivity index (χ1n) is 5.96. The van der Waals surface area contributed by atoms with E-state index in [9.17, 15) is 14.2 Å². The average Bonchev–Trinajstić information content (AvgIpc) is 2.36. The molecule has 1 unspecified atom stereocenters. The van der Waals surface area contributed by atoms with Gasteiger partial charge in [-0.3, -0.25) is 4.52 Å². The molecule has 0 aliphatic carbocycles. The van der Waals surface area contributed by atoms with Crippen LogP contribution in [0.5, 0.6) is 0 Å². The van der Waals surface area contributed by atoms with Gasteiger partial charge in [-0.1, -0.05) is 0 Å². The maximum atomic E-state index is 12.4. The van der Waals surface area contributed by atoms with E-state index in [-0.39, 0.29) is 6.61 Å². The minimum Gasteiger partial charge on any atom is -0.463 e. The number of hydrogen-bond acceptors (Lipinski definition) is 8. The second-order valence-corrected chi connectivity index (χ2v) is 5.31. The predicted molar refractivity (Wildman–Crippen MR) is 72.9 cm³/mol. The fraction of sp³-hybridized carbons (Fsp3) is 0.500. The van der Waals surface area contributed by atoms with Crippen LogP contribution in [0.3, 0.4) is 0 Å². The van der Waals surface area contributed by atoms with Gasteiger partial charge in [-0.25, -0.2) is 14.2 Å². The van der Waals surface area contributed by atoms with Crippen molar-refractivity contribution in [3.63, 3.8) is 0 Å². The zero-order valence-corrected chi connectivity index (χ0v) is 13.3. The largest absolute Gasteiger partial charge is 0.588 e. The Morgan fingerprint density at radius 1 is 1.10 bits per heavy atom. The fourth-order valence-electron chi connectivity index (χ4n) is 0.990. The van der Waals surface area contributed by atoms with Crippen LogP contribution >= 0.6 is 7.82 Å². The van der Waals surface area contributed by atoms with Crippen LogP contribution in [-0.4, -0.2) is 31.8 Å². The van der Waals surface area contributed by atoms with Crippen LogP contribution in [0.1, 0.15) is 20.8 Å². The first kappa shape index (κ1) is 19.2. The lowest BCUT2D eigenvalue weighted by atomic mass is 10.5. The Balaban J connectivity index is 5.05. The molecule has 0 aromatic heterocycles. The summed E-state index contributed by atoms with van der Waals surface area (Å²) >= 11 is 0. The fourth-order valence-corrected chi connectivity index (χ4v) is 2.32. The molecule has 0 saturated carbocycles. The molecule has 0 amide bonds. The van der Waals surface area contributed by atoms with Gasteiger partial charge in [-0.2, -0.15) is 0 Å². The molecule has 0 spiro atoms. The highest BCUT2D eigenvalue weighted by atomic mass is 31.2. The molecule has 9 heteroatoms. The van der Waals surface area contributed by atoms with E-state index in [2.05, 4.69) is 22.6 Å². The Hall–Kier alpha value is -1.79. The summed E-state index contributed by atoms with van der Waals surface area (Å²) in [5.74, 6) is -3.08. The molecule has 0 bridgehead atoms. The van der Waals surface area contributed by atoms with Gasteiger partial charge >= 0.3 is 19.8 Å². The van der Waals surface area contributed by atoms with Crippen molar-refractivity contribution >= 4 is 19.8 Å². The zero-order chi connectivity index (χ0) is 16.6. The van der Waals surface area contributed by atoms with Crippen LogP contribution in [0.2, 0.25) is 0 Å². The van der Waals surface area contributed by atoms with Crippen molar-refractivity contribution in [2.24, 2.45) is 0 Å². The second-order valence-electron chi connectivity index (χ2n) is 3.84. The number of phosphoric acid groups is 1. The summed E-state index contributed by atoms with van der Waals surface area (Å²) < 4.78 is 35.9. The summed E-state index contributed by atoms with van der Waals surface area (Å²) in [7, 11) is -3.25. The molecule has 8 nitrogen and oxygen atoms in total. The molecule has 0 fully saturated rings. The van der Waals surface area contributed by atoms with E-state index in [0.717, 1.165) is 7.11 Å². The van der Waals surface area contributed by atoms with Gasteiger partial charge in [0, 0.05) is 0 Å². The first-order valence-corrected chi connectivity index (χ1v) is 7.42. The highest BCUT2D eigenvalue weighted by molar-refractivity contribution is 7.48. The van der Waals surface area contributed by atoms with Gasteiger partial charge in [0.2, 0.25) is 11.5 Å². The van der Waals surface area contributed by atoms with Crippen molar-refractivity contribution in [1.82, 2.24) is 0 Å². The molecule has 0 aliphatic rings. The van der Waals surface area contributed by atoms with Crippen molar-refractivity contribution in [2.45, 2.75) is 26.9 Å². The van der Waals surface area contributed by atoms with E-state index in [0.29, 0.717) is 0 Å². The number of esters is 2. The number of rotatable bonds is 9. The number of hydrogen-bond donors (Lipinski definition) is 0. The molecule has 0 aliphatic heterocycles. The SMILES string of the molecule is C=C(OP(=O)(OC(=C)C(=O)OCC)OC(C)C)C(=O)OC. The molecule has 21 heavy (non-hydrogen) atoms. The Morgan fingerprint density at radius 2 is 1.57 bits per heavy atom. The third-order valence-electron chi connectivity index (χ3n) is 1.70. The lowest BCUT2D eigenvalue weighted by Crippen LogP contribution is -2.14. The quantitative estimate of drug-likeness (QED) is 0.276. The summed E-state index contributed by atoms with van der Waals surface area (Å²) in [6, 6.07) is 0. The van der Waals surface area contributed by atoms with Gasteiger partial charge in [0.1, 0.15) is 0 Å². The number of carbonyl (C=O) groups is 2. The summed E-state index contributed by atoms with van der Waals surface area (Å²) in [5, 5.41) is 0. The average molecular weight is 322 g/mol. The summed E-state index contributed by atoms with van der Waals surface area (Å²) in [6.07, 6.45) is -0.587. The molecule has 0 aromatic carbocycles. The molecule has 0 aromatic rings. The molecule has 120 valence electrons. The minimum atomic E-state index is -4.33.